The highest BCUT2D eigenvalue weighted by Crippen LogP contribution is 2.32. The first-order valence-electron chi connectivity index (χ1n) is 7.50. The molecule has 1 aromatic carbocycles. The van der Waals surface area contributed by atoms with Gasteiger partial charge in [0.2, 0.25) is 5.91 Å². The van der Waals surface area contributed by atoms with Gasteiger partial charge in [-0.05, 0) is 24.3 Å². The highest BCUT2D eigenvalue weighted by Gasteiger charge is 2.32. The third kappa shape index (κ3) is 2.34. The second kappa shape index (κ2) is 5.12. The molecule has 0 bridgehead atoms. The number of aliphatic imine (C=N–C) groups is 1. The molecule has 0 saturated carbocycles. The predicted molar refractivity (Wildman–Crippen MR) is 86.4 cm³/mol. The van der Waals surface area contributed by atoms with Crippen molar-refractivity contribution in [1.29, 1.82) is 0 Å². The standard InChI is InChI=1S/C16H16N4O3/c1-10(21)18-8-13-9-20(16(22)23-13)12-2-3-14-11(6-12)7-15-17-4-5-19(14)15/h2-4,6-7,13H,5,8-9H2,1H3,(H,18,21)/t13-/m0/s1. The minimum Gasteiger partial charge on any atom is -0.442 e. The van der Waals surface area contributed by atoms with Crippen LogP contribution >= 0.6 is 0 Å². The molecule has 4 rings (SSSR count). The lowest BCUT2D eigenvalue weighted by atomic mass is 10.2. The molecule has 2 aromatic rings. The number of amides is 2. The lowest BCUT2D eigenvalue weighted by molar-refractivity contribution is -0.119. The van der Waals surface area contributed by atoms with E-state index in [4.69, 9.17) is 4.74 Å². The second-order valence-electron chi connectivity index (χ2n) is 5.72. The predicted octanol–water partition coefficient (Wildman–Crippen LogP) is 1.82. The number of benzene rings is 1. The molecule has 0 unspecified atom stereocenters. The molecule has 1 saturated heterocycles. The van der Waals surface area contributed by atoms with E-state index in [0.29, 0.717) is 13.1 Å². The molecular weight excluding hydrogens is 296 g/mol. The zero-order valence-electron chi connectivity index (χ0n) is 12.7. The molecule has 1 atom stereocenters. The summed E-state index contributed by atoms with van der Waals surface area (Å²) < 4.78 is 7.42. The van der Waals surface area contributed by atoms with Crippen LogP contribution in [0.1, 0.15) is 6.92 Å². The molecule has 7 heteroatoms. The van der Waals surface area contributed by atoms with Crippen LogP contribution in [0.3, 0.4) is 0 Å². The van der Waals surface area contributed by atoms with E-state index >= 15 is 0 Å². The van der Waals surface area contributed by atoms with E-state index in [1.165, 1.54) is 6.92 Å². The van der Waals surface area contributed by atoms with Gasteiger partial charge in [0, 0.05) is 24.2 Å². The maximum atomic E-state index is 12.1. The summed E-state index contributed by atoms with van der Waals surface area (Å²) in [7, 11) is 0. The number of aromatic nitrogens is 1. The molecule has 7 nitrogen and oxygen atoms in total. The minimum absolute atomic E-state index is 0.134. The summed E-state index contributed by atoms with van der Waals surface area (Å²) in [5, 5.41) is 3.72. The van der Waals surface area contributed by atoms with Gasteiger partial charge in [-0.2, -0.15) is 0 Å². The third-order valence-electron chi connectivity index (χ3n) is 4.12. The Bertz CT molecular complexity index is 839. The van der Waals surface area contributed by atoms with Crippen LogP contribution in [0.15, 0.2) is 29.3 Å². The number of nitrogens with zero attached hydrogens (tertiary/aromatic N) is 3. The minimum atomic E-state index is -0.385. The number of anilines is 1. The van der Waals surface area contributed by atoms with Gasteiger partial charge in [0.1, 0.15) is 11.9 Å². The molecule has 23 heavy (non-hydrogen) atoms. The fraction of sp³-hybridized carbons (Fsp3) is 0.312. The van der Waals surface area contributed by atoms with Crippen molar-refractivity contribution < 1.29 is 14.3 Å². The SMILES string of the molecule is CC(=O)NC[C@H]1CN(c2ccc3c(c2)cc2n3CC=N2)C(=O)O1. The van der Waals surface area contributed by atoms with Crippen molar-refractivity contribution >= 4 is 40.6 Å². The van der Waals surface area contributed by atoms with Gasteiger partial charge >= 0.3 is 6.09 Å². The first-order valence-corrected chi connectivity index (χ1v) is 7.50. The van der Waals surface area contributed by atoms with Crippen LogP contribution in [0, 0.1) is 0 Å². The number of carbonyl (C=O) groups is 2. The lowest BCUT2D eigenvalue weighted by Crippen LogP contribution is -2.33. The van der Waals surface area contributed by atoms with Crippen LogP contribution < -0.4 is 10.2 Å². The van der Waals surface area contributed by atoms with Crippen molar-refractivity contribution in [1.82, 2.24) is 9.88 Å². The molecular formula is C16H16N4O3. The van der Waals surface area contributed by atoms with Gasteiger partial charge in [-0.15, -0.1) is 0 Å². The van der Waals surface area contributed by atoms with Crippen LogP contribution in [-0.2, 0) is 16.1 Å². The van der Waals surface area contributed by atoms with Gasteiger partial charge in [0.25, 0.3) is 0 Å². The number of rotatable bonds is 3. The van der Waals surface area contributed by atoms with E-state index in [1.807, 2.05) is 30.5 Å². The van der Waals surface area contributed by atoms with E-state index in [9.17, 15) is 9.59 Å². The largest absolute Gasteiger partial charge is 0.442 e. The highest BCUT2D eigenvalue weighted by molar-refractivity contribution is 5.95. The van der Waals surface area contributed by atoms with Gasteiger partial charge < -0.3 is 14.6 Å². The van der Waals surface area contributed by atoms with Crippen LogP contribution in [0.2, 0.25) is 0 Å². The molecule has 3 heterocycles. The Morgan fingerprint density at radius 2 is 2.30 bits per heavy atom. The normalized spacial score (nSPS) is 19.3. The summed E-state index contributed by atoms with van der Waals surface area (Å²) in [6, 6.07) is 7.89. The fourth-order valence-electron chi connectivity index (χ4n) is 3.02. The molecule has 0 aliphatic carbocycles. The maximum Gasteiger partial charge on any atom is 0.414 e. The van der Waals surface area contributed by atoms with Gasteiger partial charge in [-0.1, -0.05) is 0 Å². The lowest BCUT2D eigenvalue weighted by Gasteiger charge is -2.13. The summed E-state index contributed by atoms with van der Waals surface area (Å²) in [6.07, 6.45) is 1.17. The molecule has 2 aliphatic heterocycles. The van der Waals surface area contributed by atoms with Crippen molar-refractivity contribution in [2.24, 2.45) is 4.99 Å². The Balaban J connectivity index is 1.58. The van der Waals surface area contributed by atoms with Crippen molar-refractivity contribution in [3.63, 3.8) is 0 Å². The van der Waals surface area contributed by atoms with Crippen LogP contribution in [0.25, 0.3) is 10.9 Å². The first kappa shape index (κ1) is 13.8. The zero-order valence-corrected chi connectivity index (χ0v) is 12.7. The van der Waals surface area contributed by atoms with Crippen molar-refractivity contribution in [2.75, 3.05) is 18.0 Å². The summed E-state index contributed by atoms with van der Waals surface area (Å²) in [5.41, 5.74) is 1.89. The number of hydrogen-bond acceptors (Lipinski definition) is 4. The van der Waals surface area contributed by atoms with Gasteiger partial charge in [0.15, 0.2) is 0 Å². The monoisotopic (exact) mass is 312 g/mol. The van der Waals surface area contributed by atoms with Crippen molar-refractivity contribution in [3.8, 4) is 0 Å². The third-order valence-corrected chi connectivity index (χ3v) is 4.12. The van der Waals surface area contributed by atoms with Gasteiger partial charge in [0.05, 0.1) is 25.2 Å². The van der Waals surface area contributed by atoms with E-state index in [0.717, 1.165) is 29.0 Å². The number of carbonyl (C=O) groups excluding carboxylic acids is 2. The average Bonchev–Trinajstić information content (AvgIpc) is 3.18. The molecule has 2 amide bonds. The molecule has 2 aliphatic rings. The average molecular weight is 312 g/mol. The Labute approximate surface area is 132 Å². The fourth-order valence-corrected chi connectivity index (χ4v) is 3.02. The molecule has 0 spiro atoms. The first-order chi connectivity index (χ1) is 11.1. The Morgan fingerprint density at radius 1 is 1.43 bits per heavy atom. The van der Waals surface area contributed by atoms with E-state index in [-0.39, 0.29) is 18.1 Å². The topological polar surface area (TPSA) is 75.9 Å². The van der Waals surface area contributed by atoms with Crippen molar-refractivity contribution in [3.05, 3.63) is 24.3 Å². The van der Waals surface area contributed by atoms with Crippen molar-refractivity contribution in [2.45, 2.75) is 19.6 Å². The number of nitrogens with one attached hydrogen (secondary N) is 1. The van der Waals surface area contributed by atoms with E-state index < -0.39 is 0 Å². The van der Waals surface area contributed by atoms with Crippen LogP contribution in [0.5, 0.6) is 0 Å². The van der Waals surface area contributed by atoms with E-state index in [1.54, 1.807) is 4.90 Å². The summed E-state index contributed by atoms with van der Waals surface area (Å²) >= 11 is 0. The highest BCUT2D eigenvalue weighted by atomic mass is 16.6. The Morgan fingerprint density at radius 3 is 3.13 bits per heavy atom. The second-order valence-corrected chi connectivity index (χ2v) is 5.72. The molecule has 1 fully saturated rings. The van der Waals surface area contributed by atoms with Crippen LogP contribution in [-0.4, -0.2) is 42.0 Å². The van der Waals surface area contributed by atoms with Crippen LogP contribution in [0.4, 0.5) is 16.3 Å². The van der Waals surface area contributed by atoms with Gasteiger partial charge in [-0.3, -0.25) is 9.69 Å². The number of hydrogen-bond donors (Lipinski definition) is 1. The smallest absolute Gasteiger partial charge is 0.414 e. The number of fused-ring (bicyclic) bond motifs is 3. The summed E-state index contributed by atoms with van der Waals surface area (Å²) in [5.74, 6) is 0.800. The Kier molecular flexibility index (Phi) is 3.07. The van der Waals surface area contributed by atoms with E-state index in [2.05, 4.69) is 14.9 Å². The molecule has 118 valence electrons. The summed E-state index contributed by atoms with van der Waals surface area (Å²) in [4.78, 5) is 29.0. The summed E-state index contributed by atoms with van der Waals surface area (Å²) in [6.45, 7) is 2.98. The zero-order chi connectivity index (χ0) is 16.0. The molecule has 1 aromatic heterocycles. The number of ether oxygens (including phenoxy) is 1. The molecule has 0 radical (unpaired) electrons. The quantitative estimate of drug-likeness (QED) is 0.939. The molecule has 1 N–H and O–H groups in total. The maximum absolute atomic E-state index is 12.1. The van der Waals surface area contributed by atoms with Gasteiger partial charge in [-0.25, -0.2) is 9.79 Å². The Hall–Kier alpha value is -2.83. The number of cyclic esters (lactones) is 1.